The van der Waals surface area contributed by atoms with Gasteiger partial charge in [-0.1, -0.05) is 44.7 Å². The lowest BCUT2D eigenvalue weighted by Gasteiger charge is -2.39. The molecule has 1 atom stereocenters. The van der Waals surface area contributed by atoms with Gasteiger partial charge in [0.1, 0.15) is 6.17 Å². The zero-order chi connectivity index (χ0) is 14.4. The van der Waals surface area contributed by atoms with E-state index in [1.54, 1.807) is 0 Å². The van der Waals surface area contributed by atoms with E-state index in [0.29, 0.717) is 18.4 Å². The number of nitrogens with zero attached hydrogens (tertiary/aromatic N) is 1. The second-order valence-corrected chi connectivity index (χ2v) is 6.12. The van der Waals surface area contributed by atoms with E-state index in [1.165, 1.54) is 24.8 Å². The molecule has 1 aliphatic rings. The van der Waals surface area contributed by atoms with Crippen molar-refractivity contribution in [1.82, 2.24) is 0 Å². The molecule has 0 aliphatic heterocycles. The topological polar surface area (TPSA) is 23.8 Å². The molecule has 1 nitrogen and oxygen atoms in total. The summed E-state index contributed by atoms with van der Waals surface area (Å²) in [5, 5.41) is 8.91. The van der Waals surface area contributed by atoms with E-state index in [4.69, 9.17) is 5.26 Å². The Morgan fingerprint density at radius 1 is 1.20 bits per heavy atom. The molecule has 20 heavy (non-hydrogen) atoms. The SMILES string of the molecule is CCCC(F)CC1(c2ccc(C#N)cc2)CCCCC1. The predicted molar refractivity (Wildman–Crippen MR) is 80.3 cm³/mol. The molecule has 0 amide bonds. The first-order chi connectivity index (χ1) is 9.70. The van der Waals surface area contributed by atoms with E-state index in [9.17, 15) is 4.39 Å². The van der Waals surface area contributed by atoms with Crippen molar-refractivity contribution in [2.24, 2.45) is 0 Å². The lowest BCUT2D eigenvalue weighted by Crippen LogP contribution is -2.32. The van der Waals surface area contributed by atoms with Crippen molar-refractivity contribution in [3.8, 4) is 6.07 Å². The molecule has 0 heterocycles. The molecule has 1 unspecified atom stereocenters. The van der Waals surface area contributed by atoms with Gasteiger partial charge >= 0.3 is 0 Å². The van der Waals surface area contributed by atoms with Gasteiger partial charge in [0.25, 0.3) is 0 Å². The van der Waals surface area contributed by atoms with Crippen LogP contribution in [-0.2, 0) is 5.41 Å². The van der Waals surface area contributed by atoms with Crippen LogP contribution in [0.25, 0.3) is 0 Å². The molecule has 1 aliphatic carbocycles. The number of benzene rings is 1. The maximum atomic E-state index is 14.2. The Labute approximate surface area is 121 Å². The van der Waals surface area contributed by atoms with Gasteiger partial charge in [-0.2, -0.15) is 5.26 Å². The number of hydrogen-bond donors (Lipinski definition) is 0. The normalized spacial score (nSPS) is 19.2. The van der Waals surface area contributed by atoms with Crippen LogP contribution in [0.4, 0.5) is 4.39 Å². The number of halogens is 1. The first kappa shape index (κ1) is 15.0. The fourth-order valence-corrected chi connectivity index (χ4v) is 3.58. The van der Waals surface area contributed by atoms with Crippen molar-refractivity contribution in [1.29, 1.82) is 5.26 Å². The lowest BCUT2D eigenvalue weighted by molar-refractivity contribution is 0.185. The zero-order valence-corrected chi connectivity index (χ0v) is 12.4. The van der Waals surface area contributed by atoms with Crippen molar-refractivity contribution >= 4 is 0 Å². The minimum Gasteiger partial charge on any atom is -0.247 e. The van der Waals surface area contributed by atoms with E-state index < -0.39 is 6.17 Å². The summed E-state index contributed by atoms with van der Waals surface area (Å²) in [4.78, 5) is 0. The van der Waals surface area contributed by atoms with Crippen LogP contribution in [0, 0.1) is 11.3 Å². The molecule has 0 saturated heterocycles. The van der Waals surface area contributed by atoms with Crippen molar-refractivity contribution in [3.05, 3.63) is 35.4 Å². The van der Waals surface area contributed by atoms with Crippen LogP contribution in [-0.4, -0.2) is 6.17 Å². The van der Waals surface area contributed by atoms with Crippen LogP contribution in [0.15, 0.2) is 24.3 Å². The summed E-state index contributed by atoms with van der Waals surface area (Å²) in [5.74, 6) is 0. The molecular weight excluding hydrogens is 249 g/mol. The molecule has 0 radical (unpaired) electrons. The monoisotopic (exact) mass is 273 g/mol. The Kier molecular flexibility index (Phi) is 5.17. The van der Waals surface area contributed by atoms with Gasteiger partial charge in [0.15, 0.2) is 0 Å². The maximum Gasteiger partial charge on any atom is 0.101 e. The third-order valence-electron chi connectivity index (χ3n) is 4.65. The number of alkyl halides is 1. The lowest BCUT2D eigenvalue weighted by atomic mass is 9.66. The minimum absolute atomic E-state index is 0.000816. The molecule has 1 fully saturated rings. The van der Waals surface area contributed by atoms with Crippen LogP contribution in [0.2, 0.25) is 0 Å². The van der Waals surface area contributed by atoms with E-state index >= 15 is 0 Å². The van der Waals surface area contributed by atoms with Gasteiger partial charge in [-0.05, 0) is 48.8 Å². The largest absolute Gasteiger partial charge is 0.247 e. The Morgan fingerprint density at radius 2 is 1.85 bits per heavy atom. The highest BCUT2D eigenvalue weighted by atomic mass is 19.1. The van der Waals surface area contributed by atoms with Crippen LogP contribution in [0.1, 0.15) is 69.4 Å². The maximum absolute atomic E-state index is 14.2. The van der Waals surface area contributed by atoms with Gasteiger partial charge < -0.3 is 0 Å². The average molecular weight is 273 g/mol. The van der Waals surface area contributed by atoms with Crippen molar-refractivity contribution in [2.45, 2.75) is 69.9 Å². The highest BCUT2D eigenvalue weighted by Gasteiger charge is 2.36. The Bertz CT molecular complexity index is 451. The summed E-state index contributed by atoms with van der Waals surface area (Å²) in [5.41, 5.74) is 1.92. The quantitative estimate of drug-likeness (QED) is 0.715. The first-order valence-electron chi connectivity index (χ1n) is 7.85. The molecule has 1 aromatic rings. The van der Waals surface area contributed by atoms with Crippen molar-refractivity contribution in [2.75, 3.05) is 0 Å². The molecule has 0 spiro atoms. The third kappa shape index (κ3) is 3.39. The standard InChI is InChI=1S/C18H24FN/c1-2-6-17(19)13-18(11-4-3-5-12-18)16-9-7-15(14-20)8-10-16/h7-10,17H,2-6,11-13H2,1H3. The van der Waals surface area contributed by atoms with Crippen LogP contribution in [0.5, 0.6) is 0 Å². The Hall–Kier alpha value is -1.36. The average Bonchev–Trinajstić information content (AvgIpc) is 2.48. The highest BCUT2D eigenvalue weighted by Crippen LogP contribution is 2.44. The summed E-state index contributed by atoms with van der Waals surface area (Å²) in [6.07, 6.45) is 7.34. The van der Waals surface area contributed by atoms with Crippen LogP contribution < -0.4 is 0 Å². The Balaban J connectivity index is 2.23. The van der Waals surface area contributed by atoms with Crippen LogP contribution >= 0.6 is 0 Å². The number of nitriles is 1. The second-order valence-electron chi connectivity index (χ2n) is 6.12. The predicted octanol–water partition coefficient (Wildman–Crippen LogP) is 5.29. The minimum atomic E-state index is -0.700. The van der Waals surface area contributed by atoms with Crippen molar-refractivity contribution < 1.29 is 4.39 Å². The van der Waals surface area contributed by atoms with Gasteiger partial charge in [0.05, 0.1) is 11.6 Å². The van der Waals surface area contributed by atoms with E-state index in [-0.39, 0.29) is 5.41 Å². The zero-order valence-electron chi connectivity index (χ0n) is 12.4. The summed E-state index contributed by atoms with van der Waals surface area (Å²) in [7, 11) is 0. The van der Waals surface area contributed by atoms with Gasteiger partial charge in [-0.3, -0.25) is 0 Å². The molecule has 1 saturated carbocycles. The Morgan fingerprint density at radius 3 is 2.40 bits per heavy atom. The molecule has 0 N–H and O–H groups in total. The number of hydrogen-bond acceptors (Lipinski definition) is 1. The second kappa shape index (κ2) is 6.88. The van der Waals surface area contributed by atoms with Crippen molar-refractivity contribution in [3.63, 3.8) is 0 Å². The summed E-state index contributed by atoms with van der Waals surface area (Å²) in [6, 6.07) is 9.99. The smallest absolute Gasteiger partial charge is 0.101 e. The molecule has 0 bridgehead atoms. The van der Waals surface area contributed by atoms with Gasteiger partial charge in [-0.25, -0.2) is 4.39 Å². The molecule has 0 aromatic heterocycles. The molecule has 1 aromatic carbocycles. The molecule has 108 valence electrons. The highest BCUT2D eigenvalue weighted by molar-refractivity contribution is 5.35. The summed E-state index contributed by atoms with van der Waals surface area (Å²) in [6.45, 7) is 2.04. The number of rotatable bonds is 5. The fraction of sp³-hybridized carbons (Fsp3) is 0.611. The van der Waals surface area contributed by atoms with E-state index in [1.807, 2.05) is 31.2 Å². The summed E-state index contributed by atoms with van der Waals surface area (Å²) >= 11 is 0. The van der Waals surface area contributed by atoms with Crippen LogP contribution in [0.3, 0.4) is 0 Å². The summed E-state index contributed by atoms with van der Waals surface area (Å²) < 4.78 is 14.2. The van der Waals surface area contributed by atoms with Gasteiger partial charge in [-0.15, -0.1) is 0 Å². The van der Waals surface area contributed by atoms with E-state index in [0.717, 1.165) is 19.3 Å². The molecular formula is C18H24FN. The molecule has 2 heteroatoms. The van der Waals surface area contributed by atoms with Gasteiger partial charge in [0.2, 0.25) is 0 Å². The van der Waals surface area contributed by atoms with Gasteiger partial charge in [0, 0.05) is 0 Å². The third-order valence-corrected chi connectivity index (χ3v) is 4.65. The first-order valence-corrected chi connectivity index (χ1v) is 7.85. The molecule has 2 rings (SSSR count). The fourth-order valence-electron chi connectivity index (χ4n) is 3.58. The van der Waals surface area contributed by atoms with E-state index in [2.05, 4.69) is 6.07 Å².